The van der Waals surface area contributed by atoms with Crippen molar-refractivity contribution in [3.63, 3.8) is 0 Å². The lowest BCUT2D eigenvalue weighted by Crippen LogP contribution is -2.13. The van der Waals surface area contributed by atoms with Crippen LogP contribution in [0.5, 0.6) is 0 Å². The maximum absolute atomic E-state index is 12.9. The highest BCUT2D eigenvalue weighted by Gasteiger charge is 2.11. The van der Waals surface area contributed by atoms with Gasteiger partial charge in [0, 0.05) is 15.5 Å². The number of benzene rings is 1. The minimum Gasteiger partial charge on any atom is -0.478 e. The number of carboxylic acids is 1. The molecule has 0 saturated carbocycles. The fourth-order valence-electron chi connectivity index (χ4n) is 1.25. The molecule has 5 heteroatoms. The lowest BCUT2D eigenvalue weighted by Gasteiger charge is -1.97. The summed E-state index contributed by atoms with van der Waals surface area (Å²) in [4.78, 5) is 22.2. The minimum absolute atomic E-state index is 0.111. The van der Waals surface area contributed by atoms with Gasteiger partial charge in [0.05, 0.1) is 0 Å². The van der Waals surface area contributed by atoms with E-state index in [2.05, 4.69) is 0 Å². The third-order valence-electron chi connectivity index (χ3n) is 1.97. The van der Waals surface area contributed by atoms with Crippen molar-refractivity contribution in [1.82, 2.24) is 0 Å². The third kappa shape index (κ3) is 1.61. The lowest BCUT2D eigenvalue weighted by atomic mass is 10.2. The predicted octanol–water partition coefficient (Wildman–Crippen LogP) is 2.10. The van der Waals surface area contributed by atoms with Crippen molar-refractivity contribution in [3.05, 3.63) is 45.2 Å². The lowest BCUT2D eigenvalue weighted by molar-refractivity contribution is 0.0696. The summed E-state index contributed by atoms with van der Waals surface area (Å²) in [7, 11) is 0. The van der Waals surface area contributed by atoms with E-state index in [1.165, 1.54) is 17.5 Å². The molecule has 2 rings (SSSR count). The fraction of sp³-hybridized carbons (Fsp3) is 0. The molecule has 0 unspecified atom stereocenters. The SMILES string of the molecule is O=C(O)c1csc2ccc(F)cc2c1=O. The highest BCUT2D eigenvalue weighted by atomic mass is 32.1. The maximum atomic E-state index is 12.9. The summed E-state index contributed by atoms with van der Waals surface area (Å²) in [6, 6.07) is 3.75. The first-order valence-electron chi connectivity index (χ1n) is 4.04. The molecule has 3 nitrogen and oxygen atoms in total. The van der Waals surface area contributed by atoms with E-state index < -0.39 is 17.2 Å². The summed E-state index contributed by atoms with van der Waals surface area (Å²) < 4.78 is 13.4. The Kier molecular flexibility index (Phi) is 2.24. The van der Waals surface area contributed by atoms with Crippen molar-refractivity contribution in [1.29, 1.82) is 0 Å². The van der Waals surface area contributed by atoms with E-state index in [1.807, 2.05) is 0 Å². The zero-order valence-corrected chi connectivity index (χ0v) is 8.18. The average molecular weight is 224 g/mol. The van der Waals surface area contributed by atoms with Crippen molar-refractivity contribution in [3.8, 4) is 0 Å². The number of carboxylic acid groups (broad SMARTS) is 1. The maximum Gasteiger partial charge on any atom is 0.340 e. The summed E-state index contributed by atoms with van der Waals surface area (Å²) in [6.45, 7) is 0. The van der Waals surface area contributed by atoms with Crippen molar-refractivity contribution >= 4 is 27.4 Å². The van der Waals surface area contributed by atoms with Gasteiger partial charge < -0.3 is 5.11 Å². The molecule has 0 aliphatic heterocycles. The molecule has 0 saturated heterocycles. The summed E-state index contributed by atoms with van der Waals surface area (Å²) in [5.74, 6) is -1.84. The standard InChI is InChI=1S/C10H5FO3S/c11-5-1-2-8-6(3-5)9(12)7(4-15-8)10(13)14/h1-4H,(H,13,14). The van der Waals surface area contributed by atoms with Gasteiger partial charge in [-0.05, 0) is 18.2 Å². The van der Waals surface area contributed by atoms with Crippen LogP contribution in [0.3, 0.4) is 0 Å². The molecule has 15 heavy (non-hydrogen) atoms. The Morgan fingerprint density at radius 2 is 2.13 bits per heavy atom. The third-order valence-corrected chi connectivity index (χ3v) is 2.93. The zero-order chi connectivity index (χ0) is 11.0. The number of aromatic carboxylic acids is 1. The molecule has 0 spiro atoms. The van der Waals surface area contributed by atoms with Crippen LogP contribution in [0.15, 0.2) is 28.4 Å². The van der Waals surface area contributed by atoms with E-state index in [9.17, 15) is 14.0 Å². The van der Waals surface area contributed by atoms with Gasteiger partial charge in [-0.3, -0.25) is 4.79 Å². The van der Waals surface area contributed by atoms with Gasteiger partial charge in [0.15, 0.2) is 0 Å². The molecule has 0 aliphatic carbocycles. The van der Waals surface area contributed by atoms with E-state index in [1.54, 1.807) is 0 Å². The summed E-state index contributed by atoms with van der Waals surface area (Å²) in [5.41, 5.74) is -0.964. The van der Waals surface area contributed by atoms with E-state index in [4.69, 9.17) is 5.11 Å². The zero-order valence-electron chi connectivity index (χ0n) is 7.36. The van der Waals surface area contributed by atoms with Gasteiger partial charge in [0.25, 0.3) is 0 Å². The average Bonchev–Trinajstić information content (AvgIpc) is 2.19. The molecule has 0 atom stereocenters. The molecule has 0 aliphatic rings. The number of fused-ring (bicyclic) bond motifs is 1. The molecule has 1 aromatic heterocycles. The monoisotopic (exact) mass is 224 g/mol. The van der Waals surface area contributed by atoms with Gasteiger partial charge in [-0.2, -0.15) is 0 Å². The number of halogens is 1. The second kappa shape index (κ2) is 3.43. The van der Waals surface area contributed by atoms with Crippen LogP contribution < -0.4 is 5.43 Å². The normalized spacial score (nSPS) is 10.5. The first-order valence-corrected chi connectivity index (χ1v) is 4.92. The van der Waals surface area contributed by atoms with Crippen LogP contribution in [-0.4, -0.2) is 11.1 Å². The van der Waals surface area contributed by atoms with Gasteiger partial charge in [0.1, 0.15) is 11.4 Å². The van der Waals surface area contributed by atoms with Crippen LogP contribution in [0.2, 0.25) is 0 Å². The quantitative estimate of drug-likeness (QED) is 0.807. The second-order valence-electron chi connectivity index (χ2n) is 2.92. The van der Waals surface area contributed by atoms with Crippen molar-refractivity contribution in [2.75, 3.05) is 0 Å². The number of hydrogen-bond acceptors (Lipinski definition) is 3. The van der Waals surface area contributed by atoms with Crippen LogP contribution in [0.25, 0.3) is 10.1 Å². The molecule has 1 N–H and O–H groups in total. The van der Waals surface area contributed by atoms with Crippen LogP contribution in [0.1, 0.15) is 10.4 Å². The smallest absolute Gasteiger partial charge is 0.340 e. The van der Waals surface area contributed by atoms with Crippen LogP contribution in [0.4, 0.5) is 4.39 Å². The predicted molar refractivity (Wildman–Crippen MR) is 55.0 cm³/mol. The summed E-state index contributed by atoms with van der Waals surface area (Å²) in [6.07, 6.45) is 0. The fourth-order valence-corrected chi connectivity index (χ4v) is 2.13. The van der Waals surface area contributed by atoms with E-state index in [-0.39, 0.29) is 10.9 Å². The van der Waals surface area contributed by atoms with Gasteiger partial charge >= 0.3 is 5.97 Å². The molecule has 0 bridgehead atoms. The molecule has 0 radical (unpaired) electrons. The van der Waals surface area contributed by atoms with Crippen molar-refractivity contribution < 1.29 is 14.3 Å². The Balaban J connectivity index is 2.89. The molecule has 0 fully saturated rings. The largest absolute Gasteiger partial charge is 0.478 e. The Morgan fingerprint density at radius 3 is 2.80 bits per heavy atom. The Bertz CT molecular complexity index is 603. The molecule has 1 heterocycles. The van der Waals surface area contributed by atoms with Crippen LogP contribution >= 0.6 is 11.3 Å². The van der Waals surface area contributed by atoms with E-state index in [0.717, 1.165) is 17.4 Å². The van der Waals surface area contributed by atoms with Gasteiger partial charge in [-0.25, -0.2) is 9.18 Å². The Hall–Kier alpha value is -1.75. The number of rotatable bonds is 1. The topological polar surface area (TPSA) is 54.4 Å². The van der Waals surface area contributed by atoms with Gasteiger partial charge in [0.2, 0.25) is 5.43 Å². The molecule has 0 amide bonds. The van der Waals surface area contributed by atoms with Crippen LogP contribution in [0, 0.1) is 5.82 Å². The van der Waals surface area contributed by atoms with Crippen molar-refractivity contribution in [2.24, 2.45) is 0 Å². The molecule has 76 valence electrons. The summed E-state index contributed by atoms with van der Waals surface area (Å²) in [5, 5.41) is 10.1. The highest BCUT2D eigenvalue weighted by Crippen LogP contribution is 2.17. The van der Waals surface area contributed by atoms with Crippen molar-refractivity contribution in [2.45, 2.75) is 0 Å². The van der Waals surface area contributed by atoms with E-state index >= 15 is 0 Å². The highest BCUT2D eigenvalue weighted by molar-refractivity contribution is 7.16. The summed E-state index contributed by atoms with van der Waals surface area (Å²) >= 11 is 1.11. The van der Waals surface area contributed by atoms with Gasteiger partial charge in [-0.1, -0.05) is 0 Å². The Labute approximate surface area is 87.4 Å². The van der Waals surface area contributed by atoms with Gasteiger partial charge in [-0.15, -0.1) is 11.3 Å². The molecular formula is C10H5FO3S. The van der Waals surface area contributed by atoms with Crippen LogP contribution in [-0.2, 0) is 0 Å². The molecule has 2 aromatic rings. The molecular weight excluding hydrogens is 219 g/mol. The number of carbonyl (C=O) groups is 1. The van der Waals surface area contributed by atoms with E-state index in [0.29, 0.717) is 4.70 Å². The minimum atomic E-state index is -1.29. The first kappa shape index (κ1) is 9.79. The Morgan fingerprint density at radius 1 is 1.40 bits per heavy atom. The molecule has 1 aromatic carbocycles. The second-order valence-corrected chi connectivity index (χ2v) is 3.84. The number of hydrogen-bond donors (Lipinski definition) is 1. The first-order chi connectivity index (χ1) is 7.09.